The molecule has 16 heavy (non-hydrogen) atoms. The molecule has 0 bridgehead atoms. The van der Waals surface area contributed by atoms with E-state index >= 15 is 0 Å². The third-order valence-corrected chi connectivity index (χ3v) is 2.90. The highest BCUT2D eigenvalue weighted by Crippen LogP contribution is 2.30. The summed E-state index contributed by atoms with van der Waals surface area (Å²) in [5, 5.41) is 0. The molecule has 0 amide bonds. The maximum atomic E-state index is 11.3. The zero-order valence-corrected chi connectivity index (χ0v) is 8.79. The number of carbonyl (C=O) groups is 1. The molecule has 0 atom stereocenters. The SMILES string of the molecule is O=C1C=C2NNC3=C(C=CC=CC3)C2=CC1. The molecule has 1 aliphatic heterocycles. The second kappa shape index (κ2) is 3.52. The summed E-state index contributed by atoms with van der Waals surface area (Å²) in [4.78, 5) is 11.3. The van der Waals surface area contributed by atoms with E-state index in [4.69, 9.17) is 0 Å². The van der Waals surface area contributed by atoms with Crippen LogP contribution >= 0.6 is 0 Å². The van der Waals surface area contributed by atoms with Crippen LogP contribution in [0.1, 0.15) is 12.8 Å². The van der Waals surface area contributed by atoms with Gasteiger partial charge in [-0.15, -0.1) is 0 Å². The van der Waals surface area contributed by atoms with Crippen molar-refractivity contribution in [3.63, 3.8) is 0 Å². The Kier molecular flexibility index (Phi) is 2.03. The normalized spacial score (nSPS) is 22.4. The number of ketones is 1. The molecular formula is C13H12N2O. The van der Waals surface area contributed by atoms with Crippen LogP contribution < -0.4 is 10.9 Å². The van der Waals surface area contributed by atoms with Gasteiger partial charge in [0.15, 0.2) is 5.78 Å². The standard InChI is InChI=1S/C13H12N2O/c16-9-6-7-11-10-4-2-1-3-5-12(10)14-15-13(11)8-9/h1-4,7-8,14-15H,5-6H2. The highest BCUT2D eigenvalue weighted by Gasteiger charge is 2.22. The molecule has 1 heterocycles. The van der Waals surface area contributed by atoms with Crippen LogP contribution in [0.3, 0.4) is 0 Å². The average Bonchev–Trinajstić information content (AvgIpc) is 2.53. The van der Waals surface area contributed by atoms with Crippen LogP contribution in [-0.4, -0.2) is 5.78 Å². The molecule has 0 saturated carbocycles. The lowest BCUT2D eigenvalue weighted by Gasteiger charge is -2.27. The number of hydrogen-bond acceptors (Lipinski definition) is 3. The Labute approximate surface area is 93.9 Å². The van der Waals surface area contributed by atoms with Crippen LogP contribution in [0.5, 0.6) is 0 Å². The number of carbonyl (C=O) groups excluding carboxylic acids is 1. The van der Waals surface area contributed by atoms with Crippen LogP contribution in [-0.2, 0) is 4.79 Å². The molecule has 3 nitrogen and oxygen atoms in total. The smallest absolute Gasteiger partial charge is 0.161 e. The highest BCUT2D eigenvalue weighted by atomic mass is 16.1. The van der Waals surface area contributed by atoms with Gasteiger partial charge in [-0.3, -0.25) is 4.79 Å². The van der Waals surface area contributed by atoms with Gasteiger partial charge in [0.05, 0.1) is 5.70 Å². The van der Waals surface area contributed by atoms with E-state index in [1.165, 1.54) is 5.57 Å². The van der Waals surface area contributed by atoms with E-state index in [1.807, 2.05) is 18.2 Å². The second-order valence-electron chi connectivity index (χ2n) is 3.98. The van der Waals surface area contributed by atoms with Gasteiger partial charge in [-0.1, -0.05) is 30.4 Å². The molecule has 3 aliphatic rings. The van der Waals surface area contributed by atoms with E-state index in [2.05, 4.69) is 23.0 Å². The summed E-state index contributed by atoms with van der Waals surface area (Å²) >= 11 is 0. The summed E-state index contributed by atoms with van der Waals surface area (Å²) in [6.45, 7) is 0. The summed E-state index contributed by atoms with van der Waals surface area (Å²) in [5.74, 6) is 0.146. The van der Waals surface area contributed by atoms with Gasteiger partial charge in [-0.25, -0.2) is 0 Å². The van der Waals surface area contributed by atoms with Crippen molar-refractivity contribution in [1.29, 1.82) is 0 Å². The van der Waals surface area contributed by atoms with Crippen LogP contribution in [0.25, 0.3) is 0 Å². The molecular weight excluding hydrogens is 200 g/mol. The van der Waals surface area contributed by atoms with Crippen molar-refractivity contribution >= 4 is 5.78 Å². The molecule has 0 unspecified atom stereocenters. The fourth-order valence-corrected chi connectivity index (χ4v) is 2.11. The zero-order valence-electron chi connectivity index (χ0n) is 8.79. The van der Waals surface area contributed by atoms with Crippen LogP contribution in [0.15, 0.2) is 59.0 Å². The van der Waals surface area contributed by atoms with Crippen molar-refractivity contribution in [2.24, 2.45) is 0 Å². The van der Waals surface area contributed by atoms with E-state index in [-0.39, 0.29) is 5.78 Å². The van der Waals surface area contributed by atoms with Crippen molar-refractivity contribution in [2.75, 3.05) is 0 Å². The summed E-state index contributed by atoms with van der Waals surface area (Å²) in [6, 6.07) is 0. The van der Waals surface area contributed by atoms with Crippen molar-refractivity contribution in [1.82, 2.24) is 10.9 Å². The van der Waals surface area contributed by atoms with Gasteiger partial charge in [0, 0.05) is 35.8 Å². The van der Waals surface area contributed by atoms with E-state index in [9.17, 15) is 4.79 Å². The zero-order chi connectivity index (χ0) is 11.0. The first kappa shape index (κ1) is 9.21. The van der Waals surface area contributed by atoms with Crippen molar-refractivity contribution in [3.8, 4) is 0 Å². The summed E-state index contributed by atoms with van der Waals surface area (Å²) < 4.78 is 0. The minimum absolute atomic E-state index is 0.146. The number of allylic oxidation sites excluding steroid dienone is 7. The fourth-order valence-electron chi connectivity index (χ4n) is 2.11. The maximum Gasteiger partial charge on any atom is 0.161 e. The number of rotatable bonds is 0. The first-order valence-corrected chi connectivity index (χ1v) is 5.38. The van der Waals surface area contributed by atoms with Gasteiger partial charge in [0.1, 0.15) is 0 Å². The van der Waals surface area contributed by atoms with Gasteiger partial charge in [0.2, 0.25) is 0 Å². The van der Waals surface area contributed by atoms with Gasteiger partial charge in [0.25, 0.3) is 0 Å². The van der Waals surface area contributed by atoms with Crippen LogP contribution in [0, 0.1) is 0 Å². The Balaban J connectivity index is 2.08. The number of fused-ring (bicyclic) bond motifs is 2. The third kappa shape index (κ3) is 1.41. The summed E-state index contributed by atoms with van der Waals surface area (Å²) in [6.07, 6.45) is 13.3. The molecule has 3 heteroatoms. The number of hydrazine groups is 1. The monoisotopic (exact) mass is 212 g/mol. The molecule has 0 aromatic carbocycles. The predicted octanol–water partition coefficient (Wildman–Crippen LogP) is 1.65. The van der Waals surface area contributed by atoms with Gasteiger partial charge < -0.3 is 10.9 Å². The van der Waals surface area contributed by atoms with Gasteiger partial charge in [-0.05, 0) is 0 Å². The molecule has 3 rings (SSSR count). The van der Waals surface area contributed by atoms with Crippen molar-refractivity contribution in [3.05, 3.63) is 59.0 Å². The summed E-state index contributed by atoms with van der Waals surface area (Å²) in [5.41, 5.74) is 10.6. The predicted molar refractivity (Wildman–Crippen MR) is 62.0 cm³/mol. The molecule has 0 saturated heterocycles. The largest absolute Gasteiger partial charge is 0.304 e. The van der Waals surface area contributed by atoms with Crippen molar-refractivity contribution in [2.45, 2.75) is 12.8 Å². The van der Waals surface area contributed by atoms with E-state index in [0.717, 1.165) is 23.4 Å². The van der Waals surface area contributed by atoms with E-state index < -0.39 is 0 Å². The highest BCUT2D eigenvalue weighted by molar-refractivity contribution is 5.94. The average molecular weight is 212 g/mol. The molecule has 0 fully saturated rings. The number of nitrogens with one attached hydrogen (secondary N) is 2. The lowest BCUT2D eigenvalue weighted by molar-refractivity contribution is -0.114. The Hall–Kier alpha value is -2.03. The Bertz CT molecular complexity index is 504. The maximum absolute atomic E-state index is 11.3. The minimum Gasteiger partial charge on any atom is -0.304 e. The minimum atomic E-state index is 0.146. The third-order valence-electron chi connectivity index (χ3n) is 2.90. The molecule has 80 valence electrons. The molecule has 0 spiro atoms. The Morgan fingerprint density at radius 3 is 3.00 bits per heavy atom. The Morgan fingerprint density at radius 1 is 1.12 bits per heavy atom. The van der Waals surface area contributed by atoms with Gasteiger partial charge >= 0.3 is 0 Å². The fraction of sp³-hybridized carbons (Fsp3) is 0.154. The molecule has 0 aromatic heterocycles. The van der Waals surface area contributed by atoms with E-state index in [0.29, 0.717) is 6.42 Å². The van der Waals surface area contributed by atoms with Crippen LogP contribution in [0.2, 0.25) is 0 Å². The first-order chi connectivity index (χ1) is 7.84. The first-order valence-electron chi connectivity index (χ1n) is 5.38. The lowest BCUT2D eigenvalue weighted by atomic mass is 9.92. The van der Waals surface area contributed by atoms with Gasteiger partial charge in [-0.2, -0.15) is 0 Å². The van der Waals surface area contributed by atoms with Crippen LogP contribution in [0.4, 0.5) is 0 Å². The number of hydrogen-bond donors (Lipinski definition) is 2. The molecule has 0 aromatic rings. The van der Waals surface area contributed by atoms with E-state index in [1.54, 1.807) is 6.08 Å². The quantitative estimate of drug-likeness (QED) is 0.641. The lowest BCUT2D eigenvalue weighted by Crippen LogP contribution is -2.37. The summed E-state index contributed by atoms with van der Waals surface area (Å²) in [7, 11) is 0. The Morgan fingerprint density at radius 2 is 2.06 bits per heavy atom. The van der Waals surface area contributed by atoms with Crippen molar-refractivity contribution < 1.29 is 4.79 Å². The molecule has 2 N–H and O–H groups in total. The second-order valence-corrected chi connectivity index (χ2v) is 3.98. The topological polar surface area (TPSA) is 41.1 Å². The molecule has 0 radical (unpaired) electrons. The molecule has 2 aliphatic carbocycles.